The van der Waals surface area contributed by atoms with E-state index in [1.165, 1.54) is 0 Å². The summed E-state index contributed by atoms with van der Waals surface area (Å²) in [7, 11) is 0. The van der Waals surface area contributed by atoms with Crippen molar-refractivity contribution in [1.82, 2.24) is 15.3 Å². The van der Waals surface area contributed by atoms with E-state index in [2.05, 4.69) is 20.6 Å². The Hall–Kier alpha value is -1.36. The second-order valence-electron chi connectivity index (χ2n) is 3.88. The van der Waals surface area contributed by atoms with Crippen LogP contribution in [0.3, 0.4) is 0 Å². The molecule has 0 spiro atoms. The molecule has 1 atom stereocenters. The lowest BCUT2D eigenvalue weighted by atomic mass is 9.89. The summed E-state index contributed by atoms with van der Waals surface area (Å²) in [6, 6.07) is 0. The van der Waals surface area contributed by atoms with E-state index in [1.807, 2.05) is 6.92 Å². The van der Waals surface area contributed by atoms with E-state index < -0.39 is 0 Å². The first kappa shape index (κ1) is 9.21. The van der Waals surface area contributed by atoms with Crippen LogP contribution in [-0.4, -0.2) is 29.0 Å². The third-order valence-corrected chi connectivity index (χ3v) is 2.65. The maximum Gasteiger partial charge on any atom is 0.233 e. The number of hydrogen-bond donors (Lipinski definition) is 3. The van der Waals surface area contributed by atoms with Gasteiger partial charge in [0, 0.05) is 18.9 Å². The van der Waals surface area contributed by atoms with E-state index in [0.717, 1.165) is 19.5 Å². The van der Waals surface area contributed by atoms with Crippen LogP contribution >= 0.6 is 0 Å². The molecule has 1 unspecified atom stereocenters. The number of nitrogens with zero attached hydrogens (tertiary/aromatic N) is 1. The minimum Gasteiger partial charge on any atom is -0.331 e. The van der Waals surface area contributed by atoms with Crippen LogP contribution in [0.5, 0.6) is 0 Å². The molecule has 1 aliphatic heterocycles. The molecule has 0 aliphatic carbocycles. The zero-order valence-corrected chi connectivity index (χ0v) is 8.13. The molecule has 3 N–H and O–H groups in total. The Morgan fingerprint density at radius 1 is 1.71 bits per heavy atom. The SMILES string of the molecule is CC1(C(=O)Nc2ncc[nH]2)CCNC1. The Morgan fingerprint density at radius 3 is 3.14 bits per heavy atom. The third-order valence-electron chi connectivity index (χ3n) is 2.65. The van der Waals surface area contributed by atoms with Crippen molar-refractivity contribution in [3.63, 3.8) is 0 Å². The lowest BCUT2D eigenvalue weighted by molar-refractivity contribution is -0.123. The summed E-state index contributed by atoms with van der Waals surface area (Å²) in [5, 5.41) is 5.94. The number of aromatic amines is 1. The highest BCUT2D eigenvalue weighted by atomic mass is 16.2. The van der Waals surface area contributed by atoms with Crippen molar-refractivity contribution in [2.24, 2.45) is 5.41 Å². The average Bonchev–Trinajstić information content (AvgIpc) is 2.76. The van der Waals surface area contributed by atoms with Crippen molar-refractivity contribution in [3.8, 4) is 0 Å². The molecule has 14 heavy (non-hydrogen) atoms. The van der Waals surface area contributed by atoms with Gasteiger partial charge in [-0.25, -0.2) is 4.98 Å². The van der Waals surface area contributed by atoms with Crippen LogP contribution in [0.4, 0.5) is 5.95 Å². The van der Waals surface area contributed by atoms with E-state index in [1.54, 1.807) is 12.4 Å². The van der Waals surface area contributed by atoms with Crippen molar-refractivity contribution >= 4 is 11.9 Å². The predicted molar refractivity (Wildman–Crippen MR) is 52.8 cm³/mol. The van der Waals surface area contributed by atoms with Gasteiger partial charge in [0.2, 0.25) is 11.9 Å². The minimum absolute atomic E-state index is 0.0254. The molecule has 1 amide bonds. The Kier molecular flexibility index (Phi) is 2.25. The lowest BCUT2D eigenvalue weighted by Crippen LogP contribution is -2.35. The number of aromatic nitrogens is 2. The number of imidazole rings is 1. The highest BCUT2D eigenvalue weighted by molar-refractivity contribution is 5.94. The van der Waals surface area contributed by atoms with Crippen LogP contribution in [0.1, 0.15) is 13.3 Å². The van der Waals surface area contributed by atoms with Gasteiger partial charge in [-0.05, 0) is 19.9 Å². The van der Waals surface area contributed by atoms with Gasteiger partial charge < -0.3 is 10.3 Å². The largest absolute Gasteiger partial charge is 0.331 e. The molecule has 1 aromatic rings. The zero-order valence-electron chi connectivity index (χ0n) is 8.13. The number of rotatable bonds is 2. The van der Waals surface area contributed by atoms with Crippen LogP contribution in [0.25, 0.3) is 0 Å². The summed E-state index contributed by atoms with van der Waals surface area (Å²) >= 11 is 0. The number of H-pyrrole nitrogens is 1. The zero-order chi connectivity index (χ0) is 10.0. The second-order valence-corrected chi connectivity index (χ2v) is 3.88. The van der Waals surface area contributed by atoms with Gasteiger partial charge in [0.1, 0.15) is 0 Å². The Labute approximate surface area is 82.3 Å². The van der Waals surface area contributed by atoms with E-state index in [-0.39, 0.29) is 11.3 Å². The summed E-state index contributed by atoms with van der Waals surface area (Å²) in [6.07, 6.45) is 4.18. The summed E-state index contributed by atoms with van der Waals surface area (Å²) in [5.41, 5.74) is -0.299. The first-order valence-corrected chi connectivity index (χ1v) is 4.72. The number of hydrogen-bond acceptors (Lipinski definition) is 3. The van der Waals surface area contributed by atoms with E-state index >= 15 is 0 Å². The van der Waals surface area contributed by atoms with Crippen LogP contribution in [-0.2, 0) is 4.79 Å². The second kappa shape index (κ2) is 3.42. The third kappa shape index (κ3) is 1.63. The first-order chi connectivity index (χ1) is 6.71. The molecular formula is C9H14N4O. The number of amides is 1. The van der Waals surface area contributed by atoms with Gasteiger partial charge in [-0.1, -0.05) is 0 Å². The summed E-state index contributed by atoms with van der Waals surface area (Å²) in [4.78, 5) is 18.6. The topological polar surface area (TPSA) is 69.8 Å². The molecule has 76 valence electrons. The van der Waals surface area contributed by atoms with Crippen molar-refractivity contribution in [3.05, 3.63) is 12.4 Å². The molecule has 1 aromatic heterocycles. The summed E-state index contributed by atoms with van der Waals surface area (Å²) in [6.45, 7) is 3.60. The Morgan fingerprint density at radius 2 is 2.57 bits per heavy atom. The normalized spacial score (nSPS) is 26.4. The monoisotopic (exact) mass is 194 g/mol. The number of carbonyl (C=O) groups is 1. The highest BCUT2D eigenvalue weighted by Gasteiger charge is 2.36. The molecule has 0 bridgehead atoms. The molecule has 5 nitrogen and oxygen atoms in total. The molecule has 2 heterocycles. The van der Waals surface area contributed by atoms with Gasteiger partial charge in [0.15, 0.2) is 0 Å². The molecule has 1 fully saturated rings. The van der Waals surface area contributed by atoms with E-state index in [9.17, 15) is 4.79 Å². The quantitative estimate of drug-likeness (QED) is 0.636. The van der Waals surface area contributed by atoms with Gasteiger partial charge in [-0.15, -0.1) is 0 Å². The van der Waals surface area contributed by atoms with Crippen molar-refractivity contribution in [2.75, 3.05) is 18.4 Å². The van der Waals surface area contributed by atoms with E-state index in [4.69, 9.17) is 0 Å². The minimum atomic E-state index is -0.299. The number of anilines is 1. The standard InChI is InChI=1S/C9H14N4O/c1-9(2-3-10-6-9)7(14)13-8-11-4-5-12-8/h4-5,10H,2-3,6H2,1H3,(H2,11,12,13,14). The van der Waals surface area contributed by atoms with E-state index in [0.29, 0.717) is 5.95 Å². The van der Waals surface area contributed by atoms with Crippen LogP contribution in [0, 0.1) is 5.41 Å². The molecule has 1 aliphatic rings. The number of carbonyl (C=O) groups excluding carboxylic acids is 1. The van der Waals surface area contributed by atoms with Crippen LogP contribution in [0.15, 0.2) is 12.4 Å². The van der Waals surface area contributed by atoms with Gasteiger partial charge in [0.25, 0.3) is 0 Å². The fourth-order valence-corrected chi connectivity index (χ4v) is 1.60. The summed E-state index contributed by atoms with van der Waals surface area (Å²) in [5.74, 6) is 0.542. The van der Waals surface area contributed by atoms with Crippen molar-refractivity contribution in [1.29, 1.82) is 0 Å². The molecular weight excluding hydrogens is 180 g/mol. The average molecular weight is 194 g/mol. The Bertz CT molecular complexity index is 314. The van der Waals surface area contributed by atoms with Gasteiger partial charge in [0.05, 0.1) is 5.41 Å². The lowest BCUT2D eigenvalue weighted by Gasteiger charge is -2.20. The van der Waals surface area contributed by atoms with Gasteiger partial charge in [-0.3, -0.25) is 10.1 Å². The fraction of sp³-hybridized carbons (Fsp3) is 0.556. The maximum absolute atomic E-state index is 11.8. The molecule has 0 aromatic carbocycles. The first-order valence-electron chi connectivity index (χ1n) is 4.72. The van der Waals surface area contributed by atoms with Gasteiger partial charge in [-0.2, -0.15) is 0 Å². The maximum atomic E-state index is 11.8. The Balaban J connectivity index is 2.02. The highest BCUT2D eigenvalue weighted by Crippen LogP contribution is 2.25. The van der Waals surface area contributed by atoms with Crippen LogP contribution in [0.2, 0.25) is 0 Å². The molecule has 0 radical (unpaired) electrons. The number of nitrogens with one attached hydrogen (secondary N) is 3. The van der Waals surface area contributed by atoms with Gasteiger partial charge >= 0.3 is 0 Å². The fourth-order valence-electron chi connectivity index (χ4n) is 1.60. The predicted octanol–water partition coefficient (Wildman–Crippen LogP) is 0.348. The molecule has 1 saturated heterocycles. The van der Waals surface area contributed by atoms with Crippen molar-refractivity contribution in [2.45, 2.75) is 13.3 Å². The molecule has 2 rings (SSSR count). The molecule has 0 saturated carbocycles. The molecule has 5 heteroatoms. The van der Waals surface area contributed by atoms with Crippen molar-refractivity contribution < 1.29 is 4.79 Å². The smallest absolute Gasteiger partial charge is 0.233 e. The summed E-state index contributed by atoms with van der Waals surface area (Å²) < 4.78 is 0. The van der Waals surface area contributed by atoms with Crippen LogP contribution < -0.4 is 10.6 Å².